The molecule has 0 aliphatic carbocycles. The Hall–Kier alpha value is -3.28. The number of hydrogen-bond donors (Lipinski definition) is 1. The number of nitrogens with zero attached hydrogens (tertiary/aromatic N) is 3. The molecular formula is C26H23FN4O3S3. The van der Waals surface area contributed by atoms with E-state index in [4.69, 9.17) is 4.74 Å². The average molecular weight is 555 g/mol. The van der Waals surface area contributed by atoms with Gasteiger partial charge >= 0.3 is 6.09 Å². The van der Waals surface area contributed by atoms with Gasteiger partial charge in [-0.15, -0.1) is 22.7 Å². The van der Waals surface area contributed by atoms with E-state index in [0.717, 1.165) is 33.3 Å². The lowest BCUT2D eigenvalue weighted by molar-refractivity contribution is -0.120. The molecule has 7 nitrogen and oxygen atoms in total. The predicted octanol–water partition coefficient (Wildman–Crippen LogP) is 6.44. The molecular weight excluding hydrogens is 532 g/mol. The molecule has 37 heavy (non-hydrogen) atoms. The number of halogens is 1. The summed E-state index contributed by atoms with van der Waals surface area (Å²) in [5, 5.41) is 7.20. The molecule has 0 spiro atoms. The molecule has 2 amide bonds. The van der Waals surface area contributed by atoms with Crippen molar-refractivity contribution in [2.75, 3.05) is 11.9 Å². The lowest BCUT2D eigenvalue weighted by Crippen LogP contribution is -2.43. The van der Waals surface area contributed by atoms with Gasteiger partial charge in [0.05, 0.1) is 11.4 Å². The van der Waals surface area contributed by atoms with Crippen LogP contribution in [-0.4, -0.2) is 39.5 Å². The maximum atomic E-state index is 13.2. The standard InChI is InChI=1S/C26H23FN4O3S3/c27-19-10-8-18(9-11-19)21-16-37-25(29-21)36-15-20-14-35-24(28-20)30-23(32)22-7-4-12-31(22)26(33)34-13-17-5-2-1-3-6-17/h1-3,5-6,8-11,14,16,22H,4,7,12-13,15H2,(H,28,30,32)/t22-/m0/s1. The van der Waals surface area contributed by atoms with E-state index in [0.29, 0.717) is 23.8 Å². The first-order valence-corrected chi connectivity index (χ1v) is 14.4. The van der Waals surface area contributed by atoms with Crippen LogP contribution in [0.2, 0.25) is 0 Å². The van der Waals surface area contributed by atoms with E-state index in [9.17, 15) is 14.0 Å². The molecule has 0 saturated carbocycles. The van der Waals surface area contributed by atoms with Crippen LogP contribution in [-0.2, 0) is 21.9 Å². The zero-order valence-corrected chi connectivity index (χ0v) is 22.1. The van der Waals surface area contributed by atoms with Crippen LogP contribution >= 0.6 is 34.4 Å². The topological polar surface area (TPSA) is 84.4 Å². The third kappa shape index (κ3) is 6.54. The highest BCUT2D eigenvalue weighted by Crippen LogP contribution is 2.31. The van der Waals surface area contributed by atoms with Gasteiger partial charge in [0.1, 0.15) is 18.5 Å². The minimum absolute atomic E-state index is 0.169. The van der Waals surface area contributed by atoms with Crippen LogP contribution in [0, 0.1) is 5.82 Å². The number of anilines is 1. The Kier molecular flexibility index (Phi) is 8.12. The van der Waals surface area contributed by atoms with Crippen LogP contribution in [0.15, 0.2) is 69.7 Å². The van der Waals surface area contributed by atoms with Gasteiger partial charge in [0.2, 0.25) is 5.91 Å². The van der Waals surface area contributed by atoms with E-state index in [1.807, 2.05) is 41.1 Å². The Labute approximate surface area is 225 Å². The van der Waals surface area contributed by atoms with Gasteiger partial charge in [0.15, 0.2) is 9.47 Å². The Morgan fingerprint density at radius 2 is 1.89 bits per heavy atom. The number of carbonyl (C=O) groups is 2. The van der Waals surface area contributed by atoms with E-state index >= 15 is 0 Å². The largest absolute Gasteiger partial charge is 0.445 e. The number of ether oxygens (including phenoxy) is 1. The Bertz CT molecular complexity index is 1360. The van der Waals surface area contributed by atoms with Crippen LogP contribution in [0.4, 0.5) is 14.3 Å². The van der Waals surface area contributed by atoms with Crippen LogP contribution in [0.25, 0.3) is 11.3 Å². The molecule has 2 aromatic carbocycles. The van der Waals surface area contributed by atoms with Crippen molar-refractivity contribution >= 4 is 51.6 Å². The van der Waals surface area contributed by atoms with E-state index in [2.05, 4.69) is 15.3 Å². The minimum atomic E-state index is -0.579. The summed E-state index contributed by atoms with van der Waals surface area (Å²) in [5.74, 6) is 0.0691. The third-order valence-electron chi connectivity index (χ3n) is 5.74. The smallest absolute Gasteiger partial charge is 0.410 e. The van der Waals surface area contributed by atoms with E-state index in [1.54, 1.807) is 23.9 Å². The van der Waals surface area contributed by atoms with Crippen molar-refractivity contribution in [3.8, 4) is 11.3 Å². The third-order valence-corrected chi connectivity index (χ3v) is 8.60. The minimum Gasteiger partial charge on any atom is -0.445 e. The van der Waals surface area contributed by atoms with Gasteiger partial charge in [-0.05, 0) is 42.7 Å². The summed E-state index contributed by atoms with van der Waals surface area (Å²) in [5.41, 5.74) is 3.40. The summed E-state index contributed by atoms with van der Waals surface area (Å²) in [4.78, 5) is 36.1. The first-order chi connectivity index (χ1) is 18.0. The van der Waals surface area contributed by atoms with Gasteiger partial charge in [-0.3, -0.25) is 9.69 Å². The fourth-order valence-electron chi connectivity index (χ4n) is 3.89. The van der Waals surface area contributed by atoms with Crippen molar-refractivity contribution in [3.05, 3.63) is 82.4 Å². The first kappa shape index (κ1) is 25.4. The average Bonchev–Trinajstić information content (AvgIpc) is 3.68. The van der Waals surface area contributed by atoms with Gasteiger partial charge in [0.25, 0.3) is 0 Å². The number of benzene rings is 2. The number of thiazole rings is 2. The molecule has 1 fully saturated rings. The number of rotatable bonds is 8. The van der Waals surface area contributed by atoms with Crippen molar-refractivity contribution in [1.29, 1.82) is 0 Å². The summed E-state index contributed by atoms with van der Waals surface area (Å²) in [6.45, 7) is 0.654. The lowest BCUT2D eigenvalue weighted by Gasteiger charge is -2.22. The lowest BCUT2D eigenvalue weighted by atomic mass is 10.2. The zero-order chi connectivity index (χ0) is 25.6. The number of nitrogens with one attached hydrogen (secondary N) is 1. The molecule has 1 saturated heterocycles. The predicted molar refractivity (Wildman–Crippen MR) is 144 cm³/mol. The second-order valence-electron chi connectivity index (χ2n) is 8.32. The molecule has 190 valence electrons. The quantitative estimate of drug-likeness (QED) is 0.253. The van der Waals surface area contributed by atoms with Gasteiger partial charge in [0, 0.05) is 28.6 Å². The highest BCUT2D eigenvalue weighted by molar-refractivity contribution is 8.00. The summed E-state index contributed by atoms with van der Waals surface area (Å²) in [6, 6.07) is 15.1. The number of aromatic nitrogens is 2. The monoisotopic (exact) mass is 554 g/mol. The van der Waals surface area contributed by atoms with Crippen molar-refractivity contribution < 1.29 is 18.7 Å². The Morgan fingerprint density at radius 1 is 1.08 bits per heavy atom. The van der Waals surface area contributed by atoms with Gasteiger partial charge in [-0.25, -0.2) is 19.2 Å². The highest BCUT2D eigenvalue weighted by atomic mass is 32.2. The van der Waals surface area contributed by atoms with E-state index < -0.39 is 12.1 Å². The molecule has 0 bridgehead atoms. The van der Waals surface area contributed by atoms with Gasteiger partial charge in [-0.2, -0.15) is 0 Å². The molecule has 2 aromatic heterocycles. The molecule has 5 rings (SSSR count). The maximum absolute atomic E-state index is 13.2. The maximum Gasteiger partial charge on any atom is 0.410 e. The van der Waals surface area contributed by atoms with Crippen LogP contribution in [0.1, 0.15) is 24.1 Å². The Balaban J connectivity index is 1.12. The van der Waals surface area contributed by atoms with Crippen LogP contribution < -0.4 is 5.32 Å². The molecule has 1 aliphatic rings. The van der Waals surface area contributed by atoms with Crippen molar-refractivity contribution in [2.45, 2.75) is 35.6 Å². The molecule has 4 aromatic rings. The fourth-order valence-corrected chi connectivity index (χ4v) is 6.44. The Morgan fingerprint density at radius 3 is 2.70 bits per heavy atom. The van der Waals surface area contributed by atoms with E-state index in [-0.39, 0.29) is 18.3 Å². The number of likely N-dealkylation sites (tertiary alicyclic amines) is 1. The second-order valence-corrected chi connectivity index (χ2v) is 11.3. The van der Waals surface area contributed by atoms with Crippen molar-refractivity contribution in [3.63, 3.8) is 0 Å². The summed E-state index contributed by atoms with van der Waals surface area (Å²) >= 11 is 4.42. The van der Waals surface area contributed by atoms with Crippen molar-refractivity contribution in [2.24, 2.45) is 0 Å². The summed E-state index contributed by atoms with van der Waals surface area (Å²) < 4.78 is 19.5. The summed E-state index contributed by atoms with van der Waals surface area (Å²) in [6.07, 6.45) is 0.841. The van der Waals surface area contributed by atoms with Crippen LogP contribution in [0.5, 0.6) is 0 Å². The zero-order valence-electron chi connectivity index (χ0n) is 19.6. The molecule has 0 unspecified atom stereocenters. The van der Waals surface area contributed by atoms with Gasteiger partial charge < -0.3 is 10.1 Å². The van der Waals surface area contributed by atoms with Crippen LogP contribution in [0.3, 0.4) is 0 Å². The molecule has 0 radical (unpaired) electrons. The van der Waals surface area contributed by atoms with Crippen molar-refractivity contribution in [1.82, 2.24) is 14.9 Å². The number of amides is 2. The van der Waals surface area contributed by atoms with Gasteiger partial charge in [-0.1, -0.05) is 42.1 Å². The molecule has 3 heterocycles. The number of hydrogen-bond acceptors (Lipinski definition) is 8. The van der Waals surface area contributed by atoms with E-state index in [1.165, 1.54) is 39.7 Å². The first-order valence-electron chi connectivity index (χ1n) is 11.6. The number of thioether (sulfide) groups is 1. The number of carbonyl (C=O) groups excluding carboxylic acids is 2. The molecule has 1 atom stereocenters. The molecule has 1 aliphatic heterocycles. The highest BCUT2D eigenvalue weighted by Gasteiger charge is 2.35. The second kappa shape index (κ2) is 11.8. The molecule has 11 heteroatoms. The normalized spacial score (nSPS) is 15.1. The molecule has 1 N–H and O–H groups in total. The SMILES string of the molecule is O=C(Nc1nc(CSc2nc(-c3ccc(F)cc3)cs2)cs1)[C@@H]1CCCN1C(=O)OCc1ccccc1. The summed E-state index contributed by atoms with van der Waals surface area (Å²) in [7, 11) is 0. The fraction of sp³-hybridized carbons (Fsp3) is 0.231.